The van der Waals surface area contributed by atoms with Crippen LogP contribution >= 0.6 is 11.6 Å². The lowest BCUT2D eigenvalue weighted by Gasteiger charge is -2.07. The van der Waals surface area contributed by atoms with Gasteiger partial charge in [0.1, 0.15) is 5.76 Å². The molecule has 0 aliphatic rings. The molecule has 0 unspecified atom stereocenters. The van der Waals surface area contributed by atoms with Crippen molar-refractivity contribution in [2.45, 2.75) is 6.54 Å². The third kappa shape index (κ3) is 5.15. The van der Waals surface area contributed by atoms with E-state index in [1.54, 1.807) is 24.3 Å². The topological polar surface area (TPSA) is 97.6 Å². The predicted molar refractivity (Wildman–Crippen MR) is 80.8 cm³/mol. The van der Waals surface area contributed by atoms with Gasteiger partial charge in [0.05, 0.1) is 23.4 Å². The Bertz CT molecular complexity index is 700. The molecule has 120 valence electrons. The molecule has 0 atom stereocenters. The van der Waals surface area contributed by atoms with Crippen molar-refractivity contribution in [3.05, 3.63) is 59.0 Å². The summed E-state index contributed by atoms with van der Waals surface area (Å²) < 4.78 is 9.81. The first-order chi connectivity index (χ1) is 11.1. The second-order valence-electron chi connectivity index (χ2n) is 4.37. The normalized spacial score (nSPS) is 9.96. The Morgan fingerprint density at radius 2 is 1.91 bits per heavy atom. The van der Waals surface area contributed by atoms with Crippen LogP contribution in [0, 0.1) is 0 Å². The summed E-state index contributed by atoms with van der Waals surface area (Å²) in [4.78, 5) is 34.7. The number of amides is 3. The van der Waals surface area contributed by atoms with E-state index in [-0.39, 0.29) is 17.1 Å². The lowest BCUT2D eigenvalue weighted by Crippen LogP contribution is -2.41. The van der Waals surface area contributed by atoms with Crippen molar-refractivity contribution in [3.63, 3.8) is 0 Å². The fourth-order valence-corrected chi connectivity index (χ4v) is 1.84. The van der Waals surface area contributed by atoms with Crippen LogP contribution in [0.2, 0.25) is 5.02 Å². The van der Waals surface area contributed by atoms with Gasteiger partial charge in [0.2, 0.25) is 0 Å². The number of carbonyl (C=O) groups excluding carboxylic acids is 3. The van der Waals surface area contributed by atoms with Gasteiger partial charge < -0.3 is 14.5 Å². The number of urea groups is 1. The SMILES string of the molecule is O=C(COC(=O)c1ccccc1Cl)NC(=O)NCc1ccco1. The third-order valence-electron chi connectivity index (χ3n) is 2.68. The van der Waals surface area contributed by atoms with Crippen molar-refractivity contribution in [3.8, 4) is 0 Å². The Labute approximate surface area is 136 Å². The van der Waals surface area contributed by atoms with E-state index in [9.17, 15) is 14.4 Å². The first kappa shape index (κ1) is 16.6. The van der Waals surface area contributed by atoms with Gasteiger partial charge in [-0.3, -0.25) is 10.1 Å². The molecule has 8 heteroatoms. The van der Waals surface area contributed by atoms with Gasteiger partial charge in [-0.15, -0.1) is 0 Å². The van der Waals surface area contributed by atoms with E-state index in [1.807, 2.05) is 5.32 Å². The first-order valence-corrected chi connectivity index (χ1v) is 6.96. The maximum atomic E-state index is 11.7. The Morgan fingerprint density at radius 1 is 1.13 bits per heavy atom. The number of halogens is 1. The van der Waals surface area contributed by atoms with Gasteiger partial charge >= 0.3 is 12.0 Å². The van der Waals surface area contributed by atoms with Gasteiger partial charge in [-0.1, -0.05) is 23.7 Å². The minimum Gasteiger partial charge on any atom is -0.467 e. The van der Waals surface area contributed by atoms with E-state index in [4.69, 9.17) is 20.8 Å². The predicted octanol–water partition coefficient (Wildman–Crippen LogP) is 2.12. The molecule has 1 aromatic carbocycles. The lowest BCUT2D eigenvalue weighted by molar-refractivity contribution is -0.123. The minimum atomic E-state index is -0.762. The van der Waals surface area contributed by atoms with Crippen LogP contribution in [-0.4, -0.2) is 24.5 Å². The summed E-state index contributed by atoms with van der Waals surface area (Å²) in [6.45, 7) is -0.468. The number of benzene rings is 1. The number of rotatable bonds is 5. The third-order valence-corrected chi connectivity index (χ3v) is 3.01. The van der Waals surface area contributed by atoms with E-state index in [1.165, 1.54) is 18.4 Å². The summed E-state index contributed by atoms with van der Waals surface area (Å²) in [6.07, 6.45) is 1.47. The zero-order valence-electron chi connectivity index (χ0n) is 11.9. The van der Waals surface area contributed by atoms with Crippen LogP contribution in [0.15, 0.2) is 47.1 Å². The largest absolute Gasteiger partial charge is 0.467 e. The smallest absolute Gasteiger partial charge is 0.340 e. The summed E-state index contributed by atoms with van der Waals surface area (Å²) in [5.41, 5.74) is 0.143. The van der Waals surface area contributed by atoms with Crippen molar-refractivity contribution < 1.29 is 23.5 Å². The Hall–Kier alpha value is -2.80. The van der Waals surface area contributed by atoms with Crippen LogP contribution < -0.4 is 10.6 Å². The average Bonchev–Trinajstić information content (AvgIpc) is 3.04. The minimum absolute atomic E-state index is 0.130. The zero-order valence-corrected chi connectivity index (χ0v) is 12.6. The lowest BCUT2D eigenvalue weighted by atomic mass is 10.2. The van der Waals surface area contributed by atoms with Crippen LogP contribution in [0.25, 0.3) is 0 Å². The first-order valence-electron chi connectivity index (χ1n) is 6.58. The molecule has 0 spiro atoms. The molecule has 0 radical (unpaired) electrons. The summed E-state index contributed by atoms with van der Waals surface area (Å²) in [6, 6.07) is 8.90. The van der Waals surface area contributed by atoms with Gasteiger partial charge in [0.25, 0.3) is 5.91 Å². The zero-order chi connectivity index (χ0) is 16.7. The highest BCUT2D eigenvalue weighted by atomic mass is 35.5. The fourth-order valence-electron chi connectivity index (χ4n) is 1.62. The Morgan fingerprint density at radius 3 is 2.61 bits per heavy atom. The molecule has 2 aromatic rings. The molecule has 3 amide bonds. The second-order valence-corrected chi connectivity index (χ2v) is 4.77. The van der Waals surface area contributed by atoms with E-state index in [0.717, 1.165) is 0 Å². The summed E-state index contributed by atoms with van der Waals surface area (Å²) in [7, 11) is 0. The standard InChI is InChI=1S/C15H13ClN2O5/c16-12-6-2-1-5-11(12)14(20)23-9-13(19)18-15(21)17-8-10-4-3-7-22-10/h1-7H,8-9H2,(H2,17,18,19,21). The molecule has 0 aliphatic carbocycles. The molecule has 23 heavy (non-hydrogen) atoms. The molecule has 2 rings (SSSR count). The summed E-state index contributed by atoms with van der Waals surface area (Å²) in [5.74, 6) is -0.971. The van der Waals surface area contributed by atoms with Crippen LogP contribution in [0.5, 0.6) is 0 Å². The Balaban J connectivity index is 1.73. The molecule has 2 N–H and O–H groups in total. The quantitative estimate of drug-likeness (QED) is 0.815. The maximum Gasteiger partial charge on any atom is 0.340 e. The summed E-state index contributed by atoms with van der Waals surface area (Å²) in [5, 5.41) is 4.66. The maximum absolute atomic E-state index is 11.7. The van der Waals surface area contributed by atoms with Crippen LogP contribution in [0.4, 0.5) is 4.79 Å². The van der Waals surface area contributed by atoms with E-state index < -0.39 is 24.5 Å². The molecular formula is C15H13ClN2O5. The molecule has 0 saturated heterocycles. The molecule has 0 aliphatic heterocycles. The van der Waals surface area contributed by atoms with E-state index in [2.05, 4.69) is 5.32 Å². The highest BCUT2D eigenvalue weighted by Gasteiger charge is 2.14. The summed E-state index contributed by atoms with van der Waals surface area (Å²) >= 11 is 5.83. The van der Waals surface area contributed by atoms with Crippen molar-refractivity contribution in [1.29, 1.82) is 0 Å². The van der Waals surface area contributed by atoms with Crippen molar-refractivity contribution >= 4 is 29.5 Å². The number of hydrogen-bond donors (Lipinski definition) is 2. The van der Waals surface area contributed by atoms with E-state index >= 15 is 0 Å². The molecule has 1 aromatic heterocycles. The van der Waals surface area contributed by atoms with Gasteiger partial charge in [-0.05, 0) is 24.3 Å². The van der Waals surface area contributed by atoms with Crippen LogP contribution in [-0.2, 0) is 16.1 Å². The van der Waals surface area contributed by atoms with Gasteiger partial charge in [-0.2, -0.15) is 0 Å². The highest BCUT2D eigenvalue weighted by Crippen LogP contribution is 2.15. The van der Waals surface area contributed by atoms with Gasteiger partial charge in [-0.25, -0.2) is 9.59 Å². The Kier molecular flexibility index (Phi) is 5.76. The molecular weight excluding hydrogens is 324 g/mol. The number of furan rings is 1. The molecule has 1 heterocycles. The highest BCUT2D eigenvalue weighted by molar-refractivity contribution is 6.33. The van der Waals surface area contributed by atoms with Crippen molar-refractivity contribution in [2.24, 2.45) is 0 Å². The average molecular weight is 337 g/mol. The number of carbonyl (C=O) groups is 3. The number of nitrogens with one attached hydrogen (secondary N) is 2. The molecule has 0 fully saturated rings. The number of hydrogen-bond acceptors (Lipinski definition) is 5. The van der Waals surface area contributed by atoms with Crippen LogP contribution in [0.3, 0.4) is 0 Å². The fraction of sp³-hybridized carbons (Fsp3) is 0.133. The number of imide groups is 1. The molecule has 0 bridgehead atoms. The molecule has 0 saturated carbocycles. The van der Waals surface area contributed by atoms with E-state index in [0.29, 0.717) is 5.76 Å². The monoisotopic (exact) mass is 336 g/mol. The number of ether oxygens (including phenoxy) is 1. The van der Waals surface area contributed by atoms with Crippen LogP contribution in [0.1, 0.15) is 16.1 Å². The van der Waals surface area contributed by atoms with Gasteiger partial charge in [0.15, 0.2) is 6.61 Å². The second kappa shape index (κ2) is 8.00. The number of esters is 1. The molecule has 7 nitrogen and oxygen atoms in total. The van der Waals surface area contributed by atoms with Gasteiger partial charge in [0, 0.05) is 0 Å². The van der Waals surface area contributed by atoms with Crippen molar-refractivity contribution in [1.82, 2.24) is 10.6 Å². The van der Waals surface area contributed by atoms with Crippen molar-refractivity contribution in [2.75, 3.05) is 6.61 Å².